The number of carbonyl (C=O) groups is 2. The highest BCUT2D eigenvalue weighted by molar-refractivity contribution is 7.89. The maximum atomic E-state index is 13.4. The van der Waals surface area contributed by atoms with Crippen LogP contribution in [0.1, 0.15) is 15.2 Å². The minimum absolute atomic E-state index is 0.0973. The molecule has 0 radical (unpaired) electrons. The molecule has 3 aromatic carbocycles. The Morgan fingerprint density at radius 3 is 2.46 bits per heavy atom. The summed E-state index contributed by atoms with van der Waals surface area (Å²) in [5.41, 5.74) is 1.21. The first-order valence-electron chi connectivity index (χ1n) is 11.0. The number of fused-ring (bicyclic) bond motifs is 1. The molecule has 0 fully saturated rings. The second-order valence-corrected chi connectivity index (χ2v) is 11.2. The van der Waals surface area contributed by atoms with Gasteiger partial charge < -0.3 is 14.8 Å². The monoisotopic (exact) mass is 558 g/mol. The molecule has 37 heavy (non-hydrogen) atoms. The molecule has 4 rings (SSSR count). The number of hydrogen-bond donors (Lipinski definition) is 2. The van der Waals surface area contributed by atoms with Crippen LogP contribution in [0.4, 0.5) is 5.69 Å². The molecule has 0 spiro atoms. The highest BCUT2D eigenvalue weighted by Gasteiger charge is 2.29. The maximum absolute atomic E-state index is 13.4. The van der Waals surface area contributed by atoms with E-state index in [1.807, 2.05) is 18.2 Å². The van der Waals surface area contributed by atoms with Crippen LogP contribution in [0.15, 0.2) is 77.7 Å². The number of anilines is 1. The van der Waals surface area contributed by atoms with Gasteiger partial charge in [-0.25, -0.2) is 13.2 Å². The SMILES string of the molecule is COC(=O)c1cc2cc(NC(=O)C(Cc3ccccc3)NS(=O)(=O)c3cc(Cl)ccc3OC)ccc2s1. The number of rotatable bonds is 9. The number of halogens is 1. The second-order valence-electron chi connectivity index (χ2n) is 8.00. The lowest BCUT2D eigenvalue weighted by atomic mass is 10.1. The van der Waals surface area contributed by atoms with E-state index in [4.69, 9.17) is 21.1 Å². The van der Waals surface area contributed by atoms with E-state index in [0.717, 1.165) is 15.6 Å². The van der Waals surface area contributed by atoms with Gasteiger partial charge >= 0.3 is 5.97 Å². The van der Waals surface area contributed by atoms with E-state index in [-0.39, 0.29) is 22.1 Å². The van der Waals surface area contributed by atoms with Gasteiger partial charge in [-0.1, -0.05) is 41.9 Å². The number of ether oxygens (including phenoxy) is 2. The standard InChI is InChI=1S/C26H23ClN2O6S2/c1-34-21-10-8-18(27)15-24(21)37(32,33)29-20(12-16-6-4-3-5-7-16)25(30)28-19-9-11-22-17(13-19)14-23(36-22)26(31)35-2/h3-11,13-15,20,29H,12H2,1-2H3,(H,28,30). The third-order valence-corrected chi connectivity index (χ3v) is 8.31. The first-order chi connectivity index (χ1) is 17.7. The zero-order chi connectivity index (χ0) is 26.6. The Kier molecular flexibility index (Phi) is 8.13. The zero-order valence-electron chi connectivity index (χ0n) is 19.9. The zero-order valence-corrected chi connectivity index (χ0v) is 22.2. The number of nitrogens with one attached hydrogen (secondary N) is 2. The topological polar surface area (TPSA) is 111 Å². The van der Waals surface area contributed by atoms with Crippen molar-refractivity contribution in [1.29, 1.82) is 0 Å². The van der Waals surface area contributed by atoms with Crippen LogP contribution in [0, 0.1) is 0 Å². The Morgan fingerprint density at radius 1 is 1.00 bits per heavy atom. The van der Waals surface area contributed by atoms with Crippen molar-refractivity contribution in [3.05, 3.63) is 88.3 Å². The highest BCUT2D eigenvalue weighted by Crippen LogP contribution is 2.30. The van der Waals surface area contributed by atoms with Crippen LogP contribution in [0.2, 0.25) is 5.02 Å². The van der Waals surface area contributed by atoms with Crippen molar-refractivity contribution >= 4 is 60.6 Å². The predicted molar refractivity (Wildman–Crippen MR) is 144 cm³/mol. The Hall–Kier alpha value is -3.44. The largest absolute Gasteiger partial charge is 0.495 e. The molecule has 1 amide bonds. The predicted octanol–water partition coefficient (Wildman–Crippen LogP) is 4.88. The molecular weight excluding hydrogens is 536 g/mol. The average molecular weight is 559 g/mol. The van der Waals surface area contributed by atoms with Gasteiger partial charge in [0, 0.05) is 15.4 Å². The summed E-state index contributed by atoms with van der Waals surface area (Å²) in [4.78, 5) is 25.5. The molecule has 0 aliphatic rings. The fraction of sp³-hybridized carbons (Fsp3) is 0.154. The summed E-state index contributed by atoms with van der Waals surface area (Å²) >= 11 is 7.31. The van der Waals surface area contributed by atoms with E-state index in [9.17, 15) is 18.0 Å². The van der Waals surface area contributed by atoms with Crippen molar-refractivity contribution in [3.8, 4) is 5.75 Å². The Labute approximate surface area is 223 Å². The van der Waals surface area contributed by atoms with Crippen LogP contribution < -0.4 is 14.8 Å². The van der Waals surface area contributed by atoms with Crippen molar-refractivity contribution in [3.63, 3.8) is 0 Å². The Morgan fingerprint density at radius 2 is 1.76 bits per heavy atom. The van der Waals surface area contributed by atoms with Crippen LogP contribution in [-0.2, 0) is 26.0 Å². The molecule has 1 unspecified atom stereocenters. The smallest absolute Gasteiger partial charge is 0.348 e. The van der Waals surface area contributed by atoms with E-state index < -0.39 is 27.9 Å². The van der Waals surface area contributed by atoms with E-state index in [1.165, 1.54) is 43.8 Å². The number of esters is 1. The molecular formula is C26H23ClN2O6S2. The van der Waals surface area contributed by atoms with Gasteiger partial charge in [-0.05, 0) is 59.8 Å². The van der Waals surface area contributed by atoms with Crippen molar-refractivity contribution in [2.75, 3.05) is 19.5 Å². The van der Waals surface area contributed by atoms with Crippen molar-refractivity contribution in [2.24, 2.45) is 0 Å². The number of methoxy groups -OCH3 is 2. The minimum atomic E-state index is -4.20. The lowest BCUT2D eigenvalue weighted by molar-refractivity contribution is -0.117. The molecule has 1 atom stereocenters. The summed E-state index contributed by atoms with van der Waals surface area (Å²) in [5, 5.41) is 3.74. The van der Waals surface area contributed by atoms with Gasteiger partial charge in [0.2, 0.25) is 15.9 Å². The molecule has 0 saturated heterocycles. The van der Waals surface area contributed by atoms with Crippen LogP contribution >= 0.6 is 22.9 Å². The Balaban J connectivity index is 1.63. The summed E-state index contributed by atoms with van der Waals surface area (Å²) in [7, 11) is -1.54. The molecule has 4 aromatic rings. The molecule has 1 aromatic heterocycles. The highest BCUT2D eigenvalue weighted by atomic mass is 35.5. The maximum Gasteiger partial charge on any atom is 0.348 e. The summed E-state index contributed by atoms with van der Waals surface area (Å²) in [6.45, 7) is 0. The van der Waals surface area contributed by atoms with Crippen LogP contribution in [-0.4, -0.2) is 40.6 Å². The fourth-order valence-corrected chi connectivity index (χ4v) is 6.29. The summed E-state index contributed by atoms with van der Waals surface area (Å²) in [6.07, 6.45) is 0.0992. The quantitative estimate of drug-likeness (QED) is 0.283. The van der Waals surface area contributed by atoms with Gasteiger partial charge in [-0.3, -0.25) is 4.79 Å². The number of amides is 1. The van der Waals surface area contributed by atoms with E-state index in [1.54, 1.807) is 36.4 Å². The summed E-state index contributed by atoms with van der Waals surface area (Å²) in [5.74, 6) is -0.906. The first kappa shape index (κ1) is 26.6. The van der Waals surface area contributed by atoms with Gasteiger partial charge in [0.25, 0.3) is 0 Å². The molecule has 192 valence electrons. The van der Waals surface area contributed by atoms with E-state index in [2.05, 4.69) is 10.0 Å². The number of sulfonamides is 1. The summed E-state index contributed by atoms with van der Waals surface area (Å²) < 4.78 is 40.0. The molecule has 0 aliphatic heterocycles. The van der Waals surface area contributed by atoms with Crippen molar-refractivity contribution in [2.45, 2.75) is 17.4 Å². The molecule has 2 N–H and O–H groups in total. The lowest BCUT2D eigenvalue weighted by Gasteiger charge is -2.20. The van der Waals surface area contributed by atoms with Gasteiger partial charge in [-0.2, -0.15) is 4.72 Å². The van der Waals surface area contributed by atoms with E-state index in [0.29, 0.717) is 10.6 Å². The number of hydrogen-bond acceptors (Lipinski definition) is 7. The van der Waals surface area contributed by atoms with Crippen LogP contribution in [0.5, 0.6) is 5.75 Å². The van der Waals surface area contributed by atoms with Gasteiger partial charge in [-0.15, -0.1) is 11.3 Å². The number of benzene rings is 3. The van der Waals surface area contributed by atoms with E-state index >= 15 is 0 Å². The van der Waals surface area contributed by atoms with Crippen molar-refractivity contribution < 1.29 is 27.5 Å². The lowest BCUT2D eigenvalue weighted by Crippen LogP contribution is -2.45. The molecule has 0 aliphatic carbocycles. The minimum Gasteiger partial charge on any atom is -0.495 e. The Bertz CT molecular complexity index is 1550. The normalized spacial score (nSPS) is 12.2. The van der Waals surface area contributed by atoms with Gasteiger partial charge in [0.15, 0.2) is 0 Å². The molecule has 0 bridgehead atoms. The van der Waals surface area contributed by atoms with Gasteiger partial charge in [0.05, 0.1) is 14.2 Å². The molecule has 8 nitrogen and oxygen atoms in total. The molecule has 0 saturated carbocycles. The van der Waals surface area contributed by atoms with Crippen molar-refractivity contribution in [1.82, 2.24) is 4.72 Å². The third-order valence-electron chi connectivity index (χ3n) is 5.48. The number of thiophene rings is 1. The summed E-state index contributed by atoms with van der Waals surface area (Å²) in [6, 6.07) is 19.0. The number of carbonyl (C=O) groups excluding carboxylic acids is 2. The molecule has 11 heteroatoms. The fourth-order valence-electron chi connectivity index (χ4n) is 3.70. The van der Waals surface area contributed by atoms with Gasteiger partial charge in [0.1, 0.15) is 21.6 Å². The first-order valence-corrected chi connectivity index (χ1v) is 13.7. The molecule has 1 heterocycles. The second kappa shape index (κ2) is 11.3. The van der Waals surface area contributed by atoms with Crippen LogP contribution in [0.3, 0.4) is 0 Å². The average Bonchev–Trinajstić information content (AvgIpc) is 3.32. The third kappa shape index (κ3) is 6.28. The van der Waals surface area contributed by atoms with Crippen LogP contribution in [0.25, 0.3) is 10.1 Å².